The Bertz CT molecular complexity index is 853. The van der Waals surface area contributed by atoms with E-state index in [0.29, 0.717) is 24.5 Å². The SMILES string of the molecule is C=CCN(CC1CC(c2ccccc2Cl)=NO1)C(=O)c1cccc(F)c1. The van der Waals surface area contributed by atoms with Crippen molar-refractivity contribution in [2.45, 2.75) is 12.5 Å². The quantitative estimate of drug-likeness (QED) is 0.709. The van der Waals surface area contributed by atoms with Crippen LogP contribution >= 0.6 is 11.6 Å². The van der Waals surface area contributed by atoms with Crippen molar-refractivity contribution >= 4 is 23.2 Å². The van der Waals surface area contributed by atoms with Gasteiger partial charge in [-0.15, -0.1) is 6.58 Å². The van der Waals surface area contributed by atoms with E-state index in [9.17, 15) is 9.18 Å². The molecule has 1 atom stereocenters. The topological polar surface area (TPSA) is 41.9 Å². The first kappa shape index (κ1) is 18.1. The molecule has 0 aliphatic carbocycles. The van der Waals surface area contributed by atoms with Crippen molar-refractivity contribution in [2.75, 3.05) is 13.1 Å². The fourth-order valence-corrected chi connectivity index (χ4v) is 3.07. The number of hydrogen-bond donors (Lipinski definition) is 0. The first-order valence-electron chi connectivity index (χ1n) is 8.22. The summed E-state index contributed by atoms with van der Waals surface area (Å²) in [5.41, 5.74) is 1.86. The largest absolute Gasteiger partial charge is 0.390 e. The Kier molecular flexibility index (Phi) is 5.68. The average molecular weight is 373 g/mol. The van der Waals surface area contributed by atoms with Crippen LogP contribution in [0.4, 0.5) is 4.39 Å². The van der Waals surface area contributed by atoms with E-state index in [0.717, 1.165) is 11.3 Å². The lowest BCUT2D eigenvalue weighted by atomic mass is 10.0. The van der Waals surface area contributed by atoms with Gasteiger partial charge in [-0.2, -0.15) is 0 Å². The average Bonchev–Trinajstić information content (AvgIpc) is 3.09. The van der Waals surface area contributed by atoms with Crippen LogP contribution in [0.2, 0.25) is 5.02 Å². The summed E-state index contributed by atoms with van der Waals surface area (Å²) in [4.78, 5) is 19.7. The summed E-state index contributed by atoms with van der Waals surface area (Å²) < 4.78 is 13.4. The van der Waals surface area contributed by atoms with Crippen LogP contribution in [0.5, 0.6) is 0 Å². The lowest BCUT2D eigenvalue weighted by molar-refractivity contribution is 0.0449. The van der Waals surface area contributed by atoms with Crippen LogP contribution in [0, 0.1) is 5.82 Å². The Morgan fingerprint density at radius 1 is 1.35 bits per heavy atom. The number of carbonyl (C=O) groups is 1. The molecule has 1 heterocycles. The zero-order valence-corrected chi connectivity index (χ0v) is 14.8. The van der Waals surface area contributed by atoms with Crippen molar-refractivity contribution in [1.82, 2.24) is 4.90 Å². The summed E-state index contributed by atoms with van der Waals surface area (Å²) in [6, 6.07) is 13.0. The Morgan fingerprint density at radius 3 is 2.88 bits per heavy atom. The second kappa shape index (κ2) is 8.15. The van der Waals surface area contributed by atoms with E-state index >= 15 is 0 Å². The van der Waals surface area contributed by atoms with Crippen LogP contribution in [0.1, 0.15) is 22.3 Å². The molecule has 0 bridgehead atoms. The first-order chi connectivity index (χ1) is 12.6. The summed E-state index contributed by atoms with van der Waals surface area (Å²) in [7, 11) is 0. The van der Waals surface area contributed by atoms with Crippen molar-refractivity contribution in [1.29, 1.82) is 0 Å². The summed E-state index contributed by atoms with van der Waals surface area (Å²) >= 11 is 6.20. The minimum atomic E-state index is -0.448. The number of halogens is 2. The van der Waals surface area contributed by atoms with E-state index in [1.54, 1.807) is 23.1 Å². The molecule has 1 aliphatic rings. The molecule has 3 rings (SSSR count). The van der Waals surface area contributed by atoms with Gasteiger partial charge in [0.1, 0.15) is 5.82 Å². The molecule has 0 radical (unpaired) electrons. The first-order valence-corrected chi connectivity index (χ1v) is 8.59. The van der Waals surface area contributed by atoms with Crippen molar-refractivity contribution in [3.63, 3.8) is 0 Å². The van der Waals surface area contributed by atoms with Crippen LogP contribution in [0.3, 0.4) is 0 Å². The number of rotatable bonds is 6. The van der Waals surface area contributed by atoms with Crippen LogP contribution in [0.15, 0.2) is 66.3 Å². The van der Waals surface area contributed by atoms with Crippen molar-refractivity contribution < 1.29 is 14.0 Å². The highest BCUT2D eigenvalue weighted by Gasteiger charge is 2.27. The molecule has 2 aromatic rings. The van der Waals surface area contributed by atoms with Gasteiger partial charge < -0.3 is 9.74 Å². The van der Waals surface area contributed by atoms with Gasteiger partial charge >= 0.3 is 0 Å². The second-order valence-electron chi connectivity index (χ2n) is 5.96. The summed E-state index contributed by atoms with van der Waals surface area (Å²) in [5.74, 6) is -0.727. The van der Waals surface area contributed by atoms with E-state index in [1.807, 2.05) is 18.2 Å². The lowest BCUT2D eigenvalue weighted by Gasteiger charge is -2.23. The van der Waals surface area contributed by atoms with Crippen molar-refractivity contribution in [3.05, 3.63) is 83.2 Å². The molecular weight excluding hydrogens is 355 g/mol. The normalized spacial score (nSPS) is 15.9. The third-order valence-electron chi connectivity index (χ3n) is 4.05. The summed E-state index contributed by atoms with van der Waals surface area (Å²) in [5, 5.41) is 4.72. The maximum absolute atomic E-state index is 13.4. The van der Waals surface area contributed by atoms with Gasteiger partial charge in [0.25, 0.3) is 5.91 Å². The molecule has 0 aromatic heterocycles. The van der Waals surface area contributed by atoms with E-state index in [1.165, 1.54) is 18.2 Å². The van der Waals surface area contributed by atoms with Crippen LogP contribution in [-0.2, 0) is 4.84 Å². The molecule has 2 aromatic carbocycles. The third kappa shape index (κ3) is 4.11. The Balaban J connectivity index is 1.69. The predicted octanol–water partition coefficient (Wildman–Crippen LogP) is 4.30. The Morgan fingerprint density at radius 2 is 2.15 bits per heavy atom. The second-order valence-corrected chi connectivity index (χ2v) is 6.37. The third-order valence-corrected chi connectivity index (χ3v) is 4.38. The van der Waals surface area contributed by atoms with Crippen LogP contribution in [-0.4, -0.2) is 35.7 Å². The molecule has 0 N–H and O–H groups in total. The Labute approximate surface area is 156 Å². The minimum absolute atomic E-state index is 0.279. The zero-order chi connectivity index (χ0) is 18.5. The van der Waals surface area contributed by atoms with Gasteiger partial charge in [0, 0.05) is 29.1 Å². The summed E-state index contributed by atoms with van der Waals surface area (Å²) in [6.07, 6.45) is 1.87. The molecule has 1 aliphatic heterocycles. The van der Waals surface area contributed by atoms with Gasteiger partial charge in [-0.25, -0.2) is 4.39 Å². The molecule has 0 spiro atoms. The van der Waals surface area contributed by atoms with Gasteiger partial charge in [-0.1, -0.05) is 47.1 Å². The number of benzene rings is 2. The molecule has 0 fully saturated rings. The van der Waals surface area contributed by atoms with Gasteiger partial charge in [-0.05, 0) is 24.3 Å². The van der Waals surface area contributed by atoms with Gasteiger partial charge in [-0.3, -0.25) is 4.79 Å². The molecule has 1 unspecified atom stereocenters. The standard InChI is InChI=1S/C20H18ClFN2O2/c1-2-10-24(20(25)14-6-5-7-15(22)11-14)13-16-12-19(23-26-16)17-8-3-4-9-18(17)21/h2-9,11,16H,1,10,12-13H2. The van der Waals surface area contributed by atoms with Crippen molar-refractivity contribution in [2.24, 2.45) is 5.16 Å². The number of oxime groups is 1. The van der Waals surface area contributed by atoms with E-state index in [4.69, 9.17) is 16.4 Å². The molecule has 4 nitrogen and oxygen atoms in total. The maximum atomic E-state index is 13.4. The van der Waals surface area contributed by atoms with Crippen LogP contribution in [0.25, 0.3) is 0 Å². The van der Waals surface area contributed by atoms with Gasteiger partial charge in [0.15, 0.2) is 6.10 Å². The highest BCUT2D eigenvalue weighted by molar-refractivity contribution is 6.34. The van der Waals surface area contributed by atoms with Crippen molar-refractivity contribution in [3.8, 4) is 0 Å². The van der Waals surface area contributed by atoms with E-state index < -0.39 is 5.82 Å². The summed E-state index contributed by atoms with van der Waals surface area (Å²) in [6.45, 7) is 4.34. The number of amides is 1. The van der Waals surface area contributed by atoms with Crippen LogP contribution < -0.4 is 0 Å². The van der Waals surface area contributed by atoms with E-state index in [2.05, 4.69) is 11.7 Å². The smallest absolute Gasteiger partial charge is 0.254 e. The maximum Gasteiger partial charge on any atom is 0.254 e. The molecule has 26 heavy (non-hydrogen) atoms. The minimum Gasteiger partial charge on any atom is -0.390 e. The number of hydrogen-bond acceptors (Lipinski definition) is 3. The monoisotopic (exact) mass is 372 g/mol. The molecular formula is C20H18ClFN2O2. The molecule has 0 saturated carbocycles. The molecule has 0 saturated heterocycles. The molecule has 6 heteroatoms. The zero-order valence-electron chi connectivity index (χ0n) is 14.1. The highest BCUT2D eigenvalue weighted by atomic mass is 35.5. The lowest BCUT2D eigenvalue weighted by Crippen LogP contribution is -2.37. The fraction of sp³-hybridized carbons (Fsp3) is 0.200. The number of nitrogens with zero attached hydrogens (tertiary/aromatic N) is 2. The van der Waals surface area contributed by atoms with E-state index in [-0.39, 0.29) is 17.6 Å². The van der Waals surface area contributed by atoms with Gasteiger partial charge in [0.05, 0.1) is 12.3 Å². The fourth-order valence-electron chi connectivity index (χ4n) is 2.83. The Hall–Kier alpha value is -2.66. The number of carbonyl (C=O) groups excluding carboxylic acids is 1. The highest BCUT2D eigenvalue weighted by Crippen LogP contribution is 2.23. The molecule has 134 valence electrons. The predicted molar refractivity (Wildman–Crippen MR) is 100.0 cm³/mol. The molecule has 1 amide bonds. The van der Waals surface area contributed by atoms with Gasteiger partial charge in [0.2, 0.25) is 0 Å².